The number of rotatable bonds is 3. The number of para-hydroxylation sites is 1. The minimum Gasteiger partial charge on any atom is -0.269 e. The number of hydrazone groups is 1. The molecular formula is C20H22N4O. The lowest BCUT2D eigenvalue weighted by atomic mass is 9.87. The van der Waals surface area contributed by atoms with Gasteiger partial charge in [0, 0.05) is 0 Å². The summed E-state index contributed by atoms with van der Waals surface area (Å²) in [5.41, 5.74) is 3.43. The van der Waals surface area contributed by atoms with E-state index in [1.807, 2.05) is 54.6 Å². The van der Waals surface area contributed by atoms with Crippen LogP contribution in [0.25, 0.3) is 0 Å². The van der Waals surface area contributed by atoms with E-state index in [9.17, 15) is 4.79 Å². The first-order valence-electron chi connectivity index (χ1n) is 8.32. The highest BCUT2D eigenvalue weighted by atomic mass is 16.2. The van der Waals surface area contributed by atoms with E-state index in [0.717, 1.165) is 11.4 Å². The van der Waals surface area contributed by atoms with Gasteiger partial charge in [0.1, 0.15) is 0 Å². The van der Waals surface area contributed by atoms with E-state index in [-0.39, 0.29) is 11.3 Å². The zero-order chi connectivity index (χ0) is 18.0. The Morgan fingerprint density at radius 1 is 1.00 bits per heavy atom. The summed E-state index contributed by atoms with van der Waals surface area (Å²) >= 11 is 0. The summed E-state index contributed by atoms with van der Waals surface area (Å²) in [7, 11) is 0. The number of anilines is 1. The van der Waals surface area contributed by atoms with Gasteiger partial charge in [0.25, 0.3) is 5.91 Å². The summed E-state index contributed by atoms with van der Waals surface area (Å²) in [6, 6.07) is 16.6. The van der Waals surface area contributed by atoms with Gasteiger partial charge in [-0.3, -0.25) is 4.79 Å². The molecule has 1 atom stereocenters. The number of carbonyl (C=O) groups is 1. The number of azo groups is 1. The molecule has 128 valence electrons. The maximum Gasteiger partial charge on any atom is 0.280 e. The van der Waals surface area contributed by atoms with Crippen LogP contribution in [0.4, 0.5) is 11.4 Å². The molecule has 0 aliphatic carbocycles. The van der Waals surface area contributed by atoms with Crippen LogP contribution in [0.15, 0.2) is 69.9 Å². The summed E-state index contributed by atoms with van der Waals surface area (Å²) < 4.78 is 0. The van der Waals surface area contributed by atoms with Crippen LogP contribution in [-0.2, 0) is 10.2 Å². The van der Waals surface area contributed by atoms with Gasteiger partial charge >= 0.3 is 0 Å². The van der Waals surface area contributed by atoms with Gasteiger partial charge in [-0.1, -0.05) is 51.1 Å². The third kappa shape index (κ3) is 3.65. The number of nitrogens with zero attached hydrogens (tertiary/aromatic N) is 4. The Morgan fingerprint density at radius 2 is 1.64 bits per heavy atom. The molecule has 0 N–H and O–H groups in total. The number of hydrogen-bond acceptors (Lipinski definition) is 4. The van der Waals surface area contributed by atoms with Gasteiger partial charge in [-0.2, -0.15) is 20.3 Å². The molecule has 1 amide bonds. The highest BCUT2D eigenvalue weighted by molar-refractivity contribution is 6.18. The van der Waals surface area contributed by atoms with Gasteiger partial charge in [-0.15, -0.1) is 0 Å². The largest absolute Gasteiger partial charge is 0.280 e. The molecule has 3 rings (SSSR count). The summed E-state index contributed by atoms with van der Waals surface area (Å²) in [5.74, 6) is -0.182. The van der Waals surface area contributed by atoms with Crippen LogP contribution in [0.2, 0.25) is 0 Å². The molecule has 0 fully saturated rings. The Morgan fingerprint density at radius 3 is 2.24 bits per heavy atom. The summed E-state index contributed by atoms with van der Waals surface area (Å²) in [6.45, 7) is 8.30. The van der Waals surface area contributed by atoms with Crippen molar-refractivity contribution in [2.24, 2.45) is 15.3 Å². The molecule has 0 bridgehead atoms. The molecule has 1 heterocycles. The Bertz CT molecular complexity index is 817. The number of amides is 1. The van der Waals surface area contributed by atoms with Crippen LogP contribution < -0.4 is 5.01 Å². The van der Waals surface area contributed by atoms with E-state index in [0.29, 0.717) is 5.71 Å². The van der Waals surface area contributed by atoms with E-state index >= 15 is 0 Å². The van der Waals surface area contributed by atoms with Crippen molar-refractivity contribution in [1.29, 1.82) is 0 Å². The first-order chi connectivity index (χ1) is 11.9. The highest BCUT2D eigenvalue weighted by Crippen LogP contribution is 2.26. The third-order valence-corrected chi connectivity index (χ3v) is 4.12. The fraction of sp³-hybridized carbons (Fsp3) is 0.300. The van der Waals surface area contributed by atoms with E-state index in [4.69, 9.17) is 0 Å². The molecule has 5 heteroatoms. The van der Waals surface area contributed by atoms with Crippen molar-refractivity contribution in [3.63, 3.8) is 0 Å². The Balaban J connectivity index is 1.76. The Labute approximate surface area is 148 Å². The predicted octanol–water partition coefficient (Wildman–Crippen LogP) is 4.86. The molecule has 2 aromatic rings. The van der Waals surface area contributed by atoms with Crippen LogP contribution in [0.5, 0.6) is 0 Å². The zero-order valence-corrected chi connectivity index (χ0v) is 15.0. The highest BCUT2D eigenvalue weighted by Gasteiger charge is 2.34. The summed E-state index contributed by atoms with van der Waals surface area (Å²) in [4.78, 5) is 12.6. The van der Waals surface area contributed by atoms with Crippen molar-refractivity contribution in [3.8, 4) is 0 Å². The van der Waals surface area contributed by atoms with E-state index in [1.165, 1.54) is 10.6 Å². The molecular weight excluding hydrogens is 312 g/mol. The van der Waals surface area contributed by atoms with Gasteiger partial charge < -0.3 is 0 Å². The number of benzene rings is 2. The van der Waals surface area contributed by atoms with Crippen LogP contribution in [0.1, 0.15) is 33.3 Å². The molecule has 5 nitrogen and oxygen atoms in total. The first kappa shape index (κ1) is 17.0. The summed E-state index contributed by atoms with van der Waals surface area (Å²) in [6.07, 6.45) is 0. The molecule has 1 aliphatic heterocycles. The van der Waals surface area contributed by atoms with Crippen molar-refractivity contribution >= 4 is 23.0 Å². The van der Waals surface area contributed by atoms with Crippen molar-refractivity contribution in [2.75, 3.05) is 5.01 Å². The van der Waals surface area contributed by atoms with Crippen LogP contribution in [0.3, 0.4) is 0 Å². The SMILES string of the molecule is CC1=NN(c2ccccc2)C(=O)C1N=Nc1ccc(C(C)(C)C)cc1. The van der Waals surface area contributed by atoms with E-state index in [2.05, 4.69) is 36.1 Å². The van der Waals surface area contributed by atoms with E-state index < -0.39 is 6.04 Å². The zero-order valence-electron chi connectivity index (χ0n) is 15.0. The normalized spacial score (nSPS) is 18.1. The summed E-state index contributed by atoms with van der Waals surface area (Å²) in [5, 5.41) is 14.2. The first-order valence-corrected chi connectivity index (χ1v) is 8.32. The van der Waals surface area contributed by atoms with Gasteiger partial charge in [-0.05, 0) is 42.2 Å². The molecule has 25 heavy (non-hydrogen) atoms. The fourth-order valence-corrected chi connectivity index (χ4v) is 2.60. The van der Waals surface area contributed by atoms with Gasteiger partial charge in [0.15, 0.2) is 6.04 Å². The van der Waals surface area contributed by atoms with Crippen LogP contribution in [-0.4, -0.2) is 17.7 Å². The minimum atomic E-state index is -0.664. The number of carbonyl (C=O) groups excluding carboxylic acids is 1. The topological polar surface area (TPSA) is 57.4 Å². The average Bonchev–Trinajstić information content (AvgIpc) is 2.88. The lowest BCUT2D eigenvalue weighted by Gasteiger charge is -2.18. The molecule has 1 unspecified atom stereocenters. The molecule has 0 saturated heterocycles. The van der Waals surface area contributed by atoms with Gasteiger partial charge in [0.05, 0.1) is 17.1 Å². The predicted molar refractivity (Wildman–Crippen MR) is 100 cm³/mol. The van der Waals surface area contributed by atoms with Crippen LogP contribution in [0, 0.1) is 0 Å². The monoisotopic (exact) mass is 334 g/mol. The smallest absolute Gasteiger partial charge is 0.269 e. The third-order valence-electron chi connectivity index (χ3n) is 4.12. The molecule has 0 spiro atoms. The second-order valence-corrected chi connectivity index (χ2v) is 7.14. The van der Waals surface area contributed by atoms with Crippen molar-refractivity contribution < 1.29 is 4.79 Å². The maximum absolute atomic E-state index is 12.6. The second kappa shape index (κ2) is 6.59. The molecule has 2 aromatic carbocycles. The van der Waals surface area contributed by atoms with Crippen LogP contribution >= 0.6 is 0 Å². The standard InChI is InChI=1S/C20H22N4O/c1-14-18(19(25)24(23-14)17-8-6-5-7-9-17)22-21-16-12-10-15(11-13-16)20(2,3)4/h5-13,18H,1-4H3. The van der Waals surface area contributed by atoms with Crippen molar-refractivity contribution in [1.82, 2.24) is 0 Å². The average molecular weight is 334 g/mol. The Kier molecular flexibility index (Phi) is 4.49. The van der Waals surface area contributed by atoms with Crippen molar-refractivity contribution in [3.05, 3.63) is 60.2 Å². The van der Waals surface area contributed by atoms with E-state index in [1.54, 1.807) is 6.92 Å². The lowest BCUT2D eigenvalue weighted by Crippen LogP contribution is -2.29. The molecule has 0 saturated carbocycles. The number of hydrogen-bond donors (Lipinski definition) is 0. The molecule has 0 aromatic heterocycles. The van der Waals surface area contributed by atoms with Gasteiger partial charge in [0.2, 0.25) is 0 Å². The molecule has 0 radical (unpaired) electrons. The quantitative estimate of drug-likeness (QED) is 0.740. The molecule has 1 aliphatic rings. The van der Waals surface area contributed by atoms with Crippen molar-refractivity contribution in [2.45, 2.75) is 39.2 Å². The minimum absolute atomic E-state index is 0.0938. The van der Waals surface area contributed by atoms with Gasteiger partial charge in [-0.25, -0.2) is 0 Å². The fourth-order valence-electron chi connectivity index (χ4n) is 2.60. The lowest BCUT2D eigenvalue weighted by molar-refractivity contribution is -0.117. The second-order valence-electron chi connectivity index (χ2n) is 7.14. The maximum atomic E-state index is 12.6. The Hall–Kier alpha value is -2.82.